The smallest absolute Gasteiger partial charge is 0.341 e. The van der Waals surface area contributed by atoms with Crippen LogP contribution in [0.15, 0.2) is 46.9 Å². The van der Waals surface area contributed by atoms with Crippen LogP contribution in [0.25, 0.3) is 10.9 Å². The summed E-state index contributed by atoms with van der Waals surface area (Å²) in [7, 11) is 0. The van der Waals surface area contributed by atoms with E-state index in [-0.39, 0.29) is 6.42 Å². The van der Waals surface area contributed by atoms with Crippen molar-refractivity contribution in [3.8, 4) is 5.75 Å². The van der Waals surface area contributed by atoms with Crippen molar-refractivity contribution in [1.29, 1.82) is 0 Å². The van der Waals surface area contributed by atoms with Crippen LogP contribution in [0.4, 0.5) is 0 Å². The Hall–Kier alpha value is -2.80. The number of carbonyl (C=O) groups is 2. The van der Waals surface area contributed by atoms with Gasteiger partial charge in [-0.1, -0.05) is 30.3 Å². The summed E-state index contributed by atoms with van der Waals surface area (Å²) < 4.78 is 8.40. The van der Waals surface area contributed by atoms with Gasteiger partial charge in [-0.25, -0.2) is 4.79 Å². The maximum atomic E-state index is 11.7. The Labute approximate surface area is 164 Å². The predicted octanol–water partition coefficient (Wildman–Crippen LogP) is 3.25. The highest BCUT2D eigenvalue weighted by Gasteiger charge is 2.22. The van der Waals surface area contributed by atoms with Crippen LogP contribution < -0.4 is 10.5 Å². The molecule has 0 aliphatic heterocycles. The van der Waals surface area contributed by atoms with E-state index in [9.17, 15) is 9.59 Å². The monoisotopic (exact) mass is 430 g/mol. The lowest BCUT2D eigenvalue weighted by molar-refractivity contribution is -0.139. The van der Waals surface area contributed by atoms with E-state index in [0.29, 0.717) is 17.7 Å². The molecule has 0 fully saturated rings. The second-order valence-electron chi connectivity index (χ2n) is 6.23. The molecule has 1 heterocycles. The van der Waals surface area contributed by atoms with Gasteiger partial charge in [0.2, 0.25) is 5.91 Å². The van der Waals surface area contributed by atoms with Gasteiger partial charge in [0, 0.05) is 22.1 Å². The summed E-state index contributed by atoms with van der Waals surface area (Å²) in [5.74, 6) is -1.11. The number of benzene rings is 2. The minimum atomic E-state index is -1.07. The van der Waals surface area contributed by atoms with Crippen LogP contribution in [0.3, 0.4) is 0 Å². The summed E-state index contributed by atoms with van der Waals surface area (Å²) in [5.41, 5.74) is 9.04. The Balaban J connectivity index is 2.22. The summed E-state index contributed by atoms with van der Waals surface area (Å²) in [6, 6.07) is 13.5. The molecule has 3 rings (SSSR count). The Morgan fingerprint density at radius 3 is 2.52 bits per heavy atom. The number of ether oxygens (including phenoxy) is 1. The topological polar surface area (TPSA) is 94.6 Å². The fourth-order valence-corrected chi connectivity index (χ4v) is 3.77. The zero-order valence-corrected chi connectivity index (χ0v) is 16.3. The second-order valence-corrected chi connectivity index (χ2v) is 7.08. The first kappa shape index (κ1) is 19.0. The number of nitrogens with zero attached hydrogens (tertiary/aromatic N) is 1. The van der Waals surface area contributed by atoms with E-state index in [0.717, 1.165) is 26.8 Å². The third-order valence-corrected chi connectivity index (χ3v) is 5.03. The van der Waals surface area contributed by atoms with Crippen LogP contribution in [0.1, 0.15) is 16.8 Å². The summed E-state index contributed by atoms with van der Waals surface area (Å²) in [6.07, 6.45) is 0.0456. The molecular weight excluding hydrogens is 412 g/mol. The fourth-order valence-electron chi connectivity index (χ4n) is 3.23. The van der Waals surface area contributed by atoms with E-state index in [1.807, 2.05) is 43.3 Å². The van der Waals surface area contributed by atoms with E-state index in [4.69, 9.17) is 15.6 Å². The Kier molecular flexibility index (Phi) is 5.51. The van der Waals surface area contributed by atoms with Crippen molar-refractivity contribution in [2.75, 3.05) is 6.61 Å². The van der Waals surface area contributed by atoms with E-state index in [2.05, 4.69) is 20.5 Å². The van der Waals surface area contributed by atoms with Gasteiger partial charge in [-0.05, 0) is 46.1 Å². The van der Waals surface area contributed by atoms with Gasteiger partial charge in [0.1, 0.15) is 5.75 Å². The van der Waals surface area contributed by atoms with Gasteiger partial charge in [-0.3, -0.25) is 4.79 Å². The average molecular weight is 431 g/mol. The standard InChI is InChI=1S/C20H19BrN2O4/c1-12-14(9-17(22)24)19-16(27-11-18(25)26)8-7-15(21)20(19)23(12)10-13-5-3-2-4-6-13/h2-8H,9-11H2,1H3,(H2,22,24)(H,25,26). The number of aromatic nitrogens is 1. The molecule has 27 heavy (non-hydrogen) atoms. The maximum Gasteiger partial charge on any atom is 0.341 e. The van der Waals surface area contributed by atoms with Crippen molar-refractivity contribution in [3.63, 3.8) is 0 Å². The SMILES string of the molecule is Cc1c(CC(N)=O)c2c(OCC(=O)O)ccc(Br)c2n1Cc1ccccc1. The van der Waals surface area contributed by atoms with Crippen LogP contribution in [0, 0.1) is 6.92 Å². The quantitative estimate of drug-likeness (QED) is 0.601. The third kappa shape index (κ3) is 3.98. The lowest BCUT2D eigenvalue weighted by atomic mass is 10.1. The molecule has 0 unspecified atom stereocenters. The summed E-state index contributed by atoms with van der Waals surface area (Å²) in [6.45, 7) is 2.06. The molecule has 0 spiro atoms. The molecule has 1 amide bonds. The number of hydrogen-bond acceptors (Lipinski definition) is 3. The molecule has 3 N–H and O–H groups in total. The van der Waals surface area contributed by atoms with Crippen molar-refractivity contribution in [3.05, 3.63) is 63.8 Å². The molecule has 0 bridgehead atoms. The number of amides is 1. The molecule has 2 aromatic carbocycles. The summed E-state index contributed by atoms with van der Waals surface area (Å²) >= 11 is 3.58. The second kappa shape index (κ2) is 7.84. The van der Waals surface area contributed by atoms with Gasteiger partial charge in [0.05, 0.1) is 11.9 Å². The summed E-state index contributed by atoms with van der Waals surface area (Å²) in [5, 5.41) is 9.66. The Bertz CT molecular complexity index is 1010. The average Bonchev–Trinajstić information content (AvgIpc) is 2.88. The zero-order valence-electron chi connectivity index (χ0n) is 14.7. The number of fused-ring (bicyclic) bond motifs is 1. The van der Waals surface area contributed by atoms with E-state index in [1.165, 1.54) is 0 Å². The van der Waals surface area contributed by atoms with Crippen LogP contribution in [-0.4, -0.2) is 28.2 Å². The van der Waals surface area contributed by atoms with Crippen molar-refractivity contribution >= 4 is 38.7 Å². The number of aliphatic carboxylic acids is 1. The highest BCUT2D eigenvalue weighted by atomic mass is 79.9. The van der Waals surface area contributed by atoms with E-state index >= 15 is 0 Å². The molecule has 0 radical (unpaired) electrons. The number of primary amides is 1. The molecule has 0 aliphatic rings. The van der Waals surface area contributed by atoms with Crippen LogP contribution in [-0.2, 0) is 22.6 Å². The first-order chi connectivity index (χ1) is 12.9. The van der Waals surface area contributed by atoms with Crippen molar-refractivity contribution in [2.24, 2.45) is 5.73 Å². The predicted molar refractivity (Wildman–Crippen MR) is 106 cm³/mol. The van der Waals surface area contributed by atoms with Crippen LogP contribution in [0.2, 0.25) is 0 Å². The molecule has 0 atom stereocenters. The third-order valence-electron chi connectivity index (χ3n) is 4.39. The van der Waals surface area contributed by atoms with Crippen molar-refractivity contribution in [2.45, 2.75) is 19.9 Å². The van der Waals surface area contributed by atoms with Gasteiger partial charge in [-0.15, -0.1) is 0 Å². The highest BCUT2D eigenvalue weighted by molar-refractivity contribution is 9.10. The Morgan fingerprint density at radius 1 is 1.19 bits per heavy atom. The largest absolute Gasteiger partial charge is 0.481 e. The molecular formula is C20H19BrN2O4. The molecule has 0 saturated heterocycles. The molecule has 0 saturated carbocycles. The highest BCUT2D eigenvalue weighted by Crippen LogP contribution is 2.38. The zero-order chi connectivity index (χ0) is 19.6. The van der Waals surface area contributed by atoms with Crippen LogP contribution >= 0.6 is 15.9 Å². The van der Waals surface area contributed by atoms with Crippen molar-refractivity contribution in [1.82, 2.24) is 4.57 Å². The number of carboxylic acid groups (broad SMARTS) is 1. The van der Waals surface area contributed by atoms with Crippen LogP contribution in [0.5, 0.6) is 5.75 Å². The molecule has 3 aromatic rings. The number of carboxylic acids is 1. The van der Waals surface area contributed by atoms with E-state index < -0.39 is 18.5 Å². The normalized spacial score (nSPS) is 10.9. The molecule has 7 heteroatoms. The molecule has 140 valence electrons. The minimum Gasteiger partial charge on any atom is -0.481 e. The van der Waals surface area contributed by atoms with Gasteiger partial charge < -0.3 is 20.1 Å². The Morgan fingerprint density at radius 2 is 1.89 bits per heavy atom. The fraction of sp³-hybridized carbons (Fsp3) is 0.200. The van der Waals surface area contributed by atoms with Gasteiger partial charge in [0.25, 0.3) is 0 Å². The maximum absolute atomic E-state index is 11.7. The van der Waals surface area contributed by atoms with E-state index in [1.54, 1.807) is 6.07 Å². The van der Waals surface area contributed by atoms with Gasteiger partial charge in [-0.2, -0.15) is 0 Å². The number of carbonyl (C=O) groups excluding carboxylic acids is 1. The minimum absolute atomic E-state index is 0.0456. The number of hydrogen-bond donors (Lipinski definition) is 2. The number of halogens is 1. The lowest BCUT2D eigenvalue weighted by Gasteiger charge is -2.11. The van der Waals surface area contributed by atoms with Gasteiger partial charge in [0.15, 0.2) is 6.61 Å². The summed E-state index contributed by atoms with van der Waals surface area (Å²) in [4.78, 5) is 22.6. The molecule has 1 aromatic heterocycles. The lowest BCUT2D eigenvalue weighted by Crippen LogP contribution is -2.15. The number of rotatable bonds is 7. The first-order valence-corrected chi connectivity index (χ1v) is 9.14. The first-order valence-electron chi connectivity index (χ1n) is 8.35. The van der Waals surface area contributed by atoms with Crippen molar-refractivity contribution < 1.29 is 19.4 Å². The number of nitrogens with two attached hydrogens (primary N) is 1. The molecule has 6 nitrogen and oxygen atoms in total. The van der Waals surface area contributed by atoms with Gasteiger partial charge >= 0.3 is 5.97 Å². The molecule has 0 aliphatic carbocycles.